The lowest BCUT2D eigenvalue weighted by Crippen LogP contribution is -2.03. The van der Waals surface area contributed by atoms with E-state index in [4.69, 9.17) is 9.47 Å². The maximum Gasteiger partial charge on any atom is 0.161 e. The second-order valence-electron chi connectivity index (χ2n) is 7.08. The van der Waals surface area contributed by atoms with E-state index in [0.717, 1.165) is 22.0 Å². The van der Waals surface area contributed by atoms with E-state index in [1.165, 1.54) is 0 Å². The summed E-state index contributed by atoms with van der Waals surface area (Å²) < 4.78 is 11.4. The zero-order chi connectivity index (χ0) is 20.9. The van der Waals surface area contributed by atoms with Gasteiger partial charge in [0.1, 0.15) is 12.4 Å². The number of ether oxygens (including phenoxy) is 2. The minimum Gasteiger partial charge on any atom is -0.508 e. The van der Waals surface area contributed by atoms with Crippen molar-refractivity contribution in [1.82, 2.24) is 4.98 Å². The van der Waals surface area contributed by atoms with Gasteiger partial charge in [-0.1, -0.05) is 36.4 Å². The Bertz CT molecular complexity index is 1190. The molecule has 1 heterocycles. The summed E-state index contributed by atoms with van der Waals surface area (Å²) in [5, 5.41) is 21.1. The summed E-state index contributed by atoms with van der Waals surface area (Å²) in [6, 6.07) is 23.3. The zero-order valence-corrected chi connectivity index (χ0v) is 16.6. The molecular formula is C25H22N2O3. The van der Waals surface area contributed by atoms with Gasteiger partial charge in [0.05, 0.1) is 19.1 Å². The molecule has 30 heavy (non-hydrogen) atoms. The first-order chi connectivity index (χ1) is 14.7. The highest BCUT2D eigenvalue weighted by molar-refractivity contribution is 5.86. The summed E-state index contributed by atoms with van der Waals surface area (Å²) in [6.07, 6.45) is 2.26. The van der Waals surface area contributed by atoms with Gasteiger partial charge in [0, 0.05) is 22.7 Å². The normalized spacial score (nSPS) is 11.7. The van der Waals surface area contributed by atoms with Crippen LogP contribution in [0.4, 0.5) is 0 Å². The fourth-order valence-corrected chi connectivity index (χ4v) is 3.65. The lowest BCUT2D eigenvalue weighted by atomic mass is 9.90. The Balaban J connectivity index is 1.57. The van der Waals surface area contributed by atoms with E-state index in [-0.39, 0.29) is 5.75 Å². The number of nitrogens with zero attached hydrogens (tertiary/aromatic N) is 1. The van der Waals surface area contributed by atoms with Crippen molar-refractivity contribution >= 4 is 10.9 Å². The fraction of sp³-hybridized carbons (Fsp3) is 0.160. The zero-order valence-electron chi connectivity index (χ0n) is 16.6. The predicted octanol–water partition coefficient (Wildman–Crippen LogP) is 5.31. The van der Waals surface area contributed by atoms with E-state index >= 15 is 0 Å². The first-order valence-corrected chi connectivity index (χ1v) is 9.72. The molecule has 0 bridgehead atoms. The third kappa shape index (κ3) is 3.94. The van der Waals surface area contributed by atoms with Gasteiger partial charge in [0.15, 0.2) is 11.5 Å². The molecule has 0 aliphatic rings. The molecule has 4 rings (SSSR count). The van der Waals surface area contributed by atoms with E-state index in [0.29, 0.717) is 30.1 Å². The monoisotopic (exact) mass is 398 g/mol. The molecule has 0 spiro atoms. The van der Waals surface area contributed by atoms with Gasteiger partial charge in [-0.25, -0.2) is 0 Å². The average Bonchev–Trinajstić information content (AvgIpc) is 3.26. The van der Waals surface area contributed by atoms with Crippen LogP contribution in [0.3, 0.4) is 0 Å². The molecule has 0 radical (unpaired) electrons. The van der Waals surface area contributed by atoms with Gasteiger partial charge in [-0.05, 0) is 47.9 Å². The maximum absolute atomic E-state index is 10.4. The molecular weight excluding hydrogens is 376 g/mol. The minimum atomic E-state index is -0.495. The smallest absolute Gasteiger partial charge is 0.161 e. The molecule has 5 nitrogen and oxygen atoms in total. The summed E-state index contributed by atoms with van der Waals surface area (Å²) in [5.74, 6) is 0.895. The molecule has 0 saturated heterocycles. The third-order valence-electron chi connectivity index (χ3n) is 5.16. The van der Waals surface area contributed by atoms with E-state index in [1.807, 2.05) is 66.9 Å². The highest BCUT2D eigenvalue weighted by Gasteiger charge is 2.20. The molecule has 1 unspecified atom stereocenters. The minimum absolute atomic E-state index is 0.128. The van der Waals surface area contributed by atoms with Crippen LogP contribution in [0.5, 0.6) is 17.2 Å². The van der Waals surface area contributed by atoms with Crippen LogP contribution in [0, 0.1) is 11.3 Å². The lowest BCUT2D eigenvalue weighted by molar-refractivity contribution is 0.284. The second-order valence-corrected chi connectivity index (χ2v) is 7.08. The summed E-state index contributed by atoms with van der Waals surface area (Å²) in [4.78, 5) is 3.13. The van der Waals surface area contributed by atoms with Crippen molar-refractivity contribution in [2.45, 2.75) is 18.9 Å². The second kappa shape index (κ2) is 8.62. The highest BCUT2D eigenvalue weighted by atomic mass is 16.5. The Morgan fingerprint density at radius 3 is 2.60 bits per heavy atom. The number of rotatable bonds is 7. The van der Waals surface area contributed by atoms with Crippen molar-refractivity contribution in [3.63, 3.8) is 0 Å². The molecule has 3 aromatic carbocycles. The Kier molecular flexibility index (Phi) is 5.58. The van der Waals surface area contributed by atoms with Gasteiger partial charge in [-0.15, -0.1) is 0 Å². The molecule has 2 N–H and O–H groups in total. The van der Waals surface area contributed by atoms with Gasteiger partial charge in [0.2, 0.25) is 0 Å². The quantitative estimate of drug-likeness (QED) is 0.442. The lowest BCUT2D eigenvalue weighted by Gasteiger charge is -2.15. The maximum atomic E-state index is 10.4. The molecule has 0 fully saturated rings. The molecule has 0 amide bonds. The van der Waals surface area contributed by atoms with Crippen LogP contribution in [-0.4, -0.2) is 17.2 Å². The standard InChI is InChI=1S/C25H22N2O3/c1-29-24-14-18(7-10-23(24)30-16-17-5-3-2-4-6-17)13-19(15-26)25-20-11-12-27-21(20)8-9-22(25)28/h2-12,14,19,27-28H,13,16H2,1H3. The predicted molar refractivity (Wildman–Crippen MR) is 116 cm³/mol. The van der Waals surface area contributed by atoms with Crippen LogP contribution in [0.25, 0.3) is 10.9 Å². The molecule has 0 saturated carbocycles. The number of benzene rings is 3. The largest absolute Gasteiger partial charge is 0.508 e. The number of nitrogens with one attached hydrogen (secondary N) is 1. The van der Waals surface area contributed by atoms with E-state index in [9.17, 15) is 10.4 Å². The number of hydrogen-bond donors (Lipinski definition) is 2. The van der Waals surface area contributed by atoms with Crippen LogP contribution in [-0.2, 0) is 13.0 Å². The molecule has 1 aromatic heterocycles. The van der Waals surface area contributed by atoms with Crippen LogP contribution in [0.2, 0.25) is 0 Å². The molecule has 0 aliphatic carbocycles. The molecule has 5 heteroatoms. The number of aromatic nitrogens is 1. The highest BCUT2D eigenvalue weighted by Crippen LogP contribution is 2.36. The van der Waals surface area contributed by atoms with E-state index in [2.05, 4.69) is 11.1 Å². The topological polar surface area (TPSA) is 78.3 Å². The summed E-state index contributed by atoms with van der Waals surface area (Å²) in [7, 11) is 1.60. The number of phenols is 1. The third-order valence-corrected chi connectivity index (χ3v) is 5.16. The van der Waals surface area contributed by atoms with Gasteiger partial charge in [-0.2, -0.15) is 5.26 Å². The van der Waals surface area contributed by atoms with Crippen LogP contribution in [0.1, 0.15) is 22.6 Å². The Morgan fingerprint density at radius 1 is 1.00 bits per heavy atom. The SMILES string of the molecule is COc1cc(CC(C#N)c2c(O)ccc3[nH]ccc23)ccc1OCc1ccccc1. The molecule has 1 atom stereocenters. The van der Waals surface area contributed by atoms with Crippen molar-refractivity contribution in [3.8, 4) is 23.3 Å². The van der Waals surface area contributed by atoms with Gasteiger partial charge < -0.3 is 19.6 Å². The average molecular weight is 398 g/mol. The summed E-state index contributed by atoms with van der Waals surface area (Å²) >= 11 is 0. The van der Waals surface area contributed by atoms with Crippen molar-refractivity contribution in [3.05, 3.63) is 89.6 Å². The Labute approximate surface area is 175 Å². The fourth-order valence-electron chi connectivity index (χ4n) is 3.65. The first-order valence-electron chi connectivity index (χ1n) is 9.72. The van der Waals surface area contributed by atoms with Gasteiger partial charge in [-0.3, -0.25) is 0 Å². The van der Waals surface area contributed by atoms with Crippen LogP contribution < -0.4 is 9.47 Å². The van der Waals surface area contributed by atoms with E-state index < -0.39 is 5.92 Å². The molecule has 150 valence electrons. The van der Waals surface area contributed by atoms with Crippen molar-refractivity contribution in [1.29, 1.82) is 5.26 Å². The van der Waals surface area contributed by atoms with Crippen LogP contribution in [0.15, 0.2) is 72.9 Å². The van der Waals surface area contributed by atoms with Crippen molar-refractivity contribution in [2.24, 2.45) is 0 Å². The van der Waals surface area contributed by atoms with E-state index in [1.54, 1.807) is 13.2 Å². The number of aromatic hydroxyl groups is 1. The number of nitriles is 1. The number of hydrogen-bond acceptors (Lipinski definition) is 4. The first kappa shape index (κ1) is 19.4. The molecule has 0 aliphatic heterocycles. The Morgan fingerprint density at radius 2 is 1.83 bits per heavy atom. The number of phenolic OH excluding ortho intramolecular Hbond substituents is 1. The van der Waals surface area contributed by atoms with Gasteiger partial charge in [0.25, 0.3) is 0 Å². The van der Waals surface area contributed by atoms with Gasteiger partial charge >= 0.3 is 0 Å². The van der Waals surface area contributed by atoms with Crippen molar-refractivity contribution < 1.29 is 14.6 Å². The summed E-state index contributed by atoms with van der Waals surface area (Å²) in [5.41, 5.74) is 3.53. The van der Waals surface area contributed by atoms with Crippen molar-refractivity contribution in [2.75, 3.05) is 7.11 Å². The summed E-state index contributed by atoms with van der Waals surface area (Å²) in [6.45, 7) is 0.445. The number of aromatic amines is 1. The number of methoxy groups -OCH3 is 1. The number of fused-ring (bicyclic) bond motifs is 1. The Hall–Kier alpha value is -3.91. The van der Waals surface area contributed by atoms with Crippen LogP contribution >= 0.6 is 0 Å². The number of H-pyrrole nitrogens is 1. The molecule has 4 aromatic rings.